The van der Waals surface area contributed by atoms with Crippen LogP contribution in [0.2, 0.25) is 0 Å². The molecule has 5 heteroatoms. The first-order valence-corrected chi connectivity index (χ1v) is 8.23. The summed E-state index contributed by atoms with van der Waals surface area (Å²) in [4.78, 5) is 16.3. The summed E-state index contributed by atoms with van der Waals surface area (Å²) >= 11 is 0. The van der Waals surface area contributed by atoms with Crippen LogP contribution in [0.4, 0.5) is 0 Å². The van der Waals surface area contributed by atoms with Crippen LogP contribution in [-0.2, 0) is 11.3 Å². The van der Waals surface area contributed by atoms with Crippen molar-refractivity contribution in [2.45, 2.75) is 6.54 Å². The fourth-order valence-corrected chi connectivity index (χ4v) is 2.60. The molecule has 0 fully saturated rings. The lowest BCUT2D eigenvalue weighted by molar-refractivity contribution is -0.116. The quantitative estimate of drug-likeness (QED) is 0.629. The van der Waals surface area contributed by atoms with Crippen molar-refractivity contribution < 1.29 is 9.53 Å². The van der Waals surface area contributed by atoms with Gasteiger partial charge in [-0.05, 0) is 29.3 Å². The number of benzene rings is 2. The Hall–Kier alpha value is -3.08. The van der Waals surface area contributed by atoms with Crippen LogP contribution in [0.25, 0.3) is 6.08 Å². The lowest BCUT2D eigenvalue weighted by Gasteiger charge is -2.07. The molecule has 0 saturated carbocycles. The Kier molecular flexibility index (Phi) is 5.46. The second-order valence-corrected chi connectivity index (χ2v) is 5.65. The summed E-state index contributed by atoms with van der Waals surface area (Å²) in [6.07, 6.45) is 3.31. The molecule has 128 valence electrons. The SMILES string of the molecule is COc1ccc(/C=C/C(=O)NCCNC2=NCc3ccccc32)cc1. The Morgan fingerprint density at radius 1 is 1.16 bits per heavy atom. The Morgan fingerprint density at radius 2 is 1.96 bits per heavy atom. The van der Waals surface area contributed by atoms with Crippen molar-refractivity contribution in [2.24, 2.45) is 4.99 Å². The van der Waals surface area contributed by atoms with Gasteiger partial charge in [-0.3, -0.25) is 9.79 Å². The molecule has 0 atom stereocenters. The number of rotatable bonds is 6. The van der Waals surface area contributed by atoms with Crippen LogP contribution in [0.3, 0.4) is 0 Å². The maximum atomic E-state index is 11.9. The summed E-state index contributed by atoms with van der Waals surface area (Å²) in [6, 6.07) is 15.7. The molecule has 0 saturated heterocycles. The van der Waals surface area contributed by atoms with Gasteiger partial charge in [-0.2, -0.15) is 0 Å². The first kappa shape index (κ1) is 16.8. The summed E-state index contributed by atoms with van der Waals surface area (Å²) < 4.78 is 5.10. The van der Waals surface area contributed by atoms with E-state index in [1.165, 1.54) is 11.6 Å². The van der Waals surface area contributed by atoms with Gasteiger partial charge in [0.2, 0.25) is 5.91 Å². The van der Waals surface area contributed by atoms with Gasteiger partial charge in [0.05, 0.1) is 13.7 Å². The summed E-state index contributed by atoms with van der Waals surface area (Å²) in [5.74, 6) is 1.58. The molecule has 0 aromatic heterocycles. The molecule has 1 aliphatic rings. The maximum Gasteiger partial charge on any atom is 0.244 e. The molecule has 25 heavy (non-hydrogen) atoms. The molecule has 2 aromatic carbocycles. The first-order chi connectivity index (χ1) is 12.3. The third-order valence-electron chi connectivity index (χ3n) is 3.94. The zero-order valence-electron chi connectivity index (χ0n) is 14.2. The van der Waals surface area contributed by atoms with E-state index in [0.717, 1.165) is 29.3 Å². The van der Waals surface area contributed by atoms with Crippen LogP contribution in [0, 0.1) is 0 Å². The number of aliphatic imine (C=N–C) groups is 1. The van der Waals surface area contributed by atoms with Gasteiger partial charge in [-0.1, -0.05) is 36.4 Å². The Bertz CT molecular complexity index is 795. The molecule has 0 radical (unpaired) electrons. The highest BCUT2D eigenvalue weighted by molar-refractivity contribution is 6.02. The highest BCUT2D eigenvalue weighted by atomic mass is 16.5. The number of nitrogens with zero attached hydrogens (tertiary/aromatic N) is 1. The van der Waals surface area contributed by atoms with Crippen molar-refractivity contribution in [1.29, 1.82) is 0 Å². The van der Waals surface area contributed by atoms with Gasteiger partial charge >= 0.3 is 0 Å². The lowest BCUT2D eigenvalue weighted by atomic mass is 10.1. The normalized spacial score (nSPS) is 12.6. The molecular weight excluding hydrogens is 314 g/mol. The molecule has 5 nitrogen and oxygen atoms in total. The van der Waals surface area contributed by atoms with Crippen LogP contribution in [-0.4, -0.2) is 31.9 Å². The van der Waals surface area contributed by atoms with E-state index in [-0.39, 0.29) is 5.91 Å². The molecule has 0 spiro atoms. The van der Waals surface area contributed by atoms with Gasteiger partial charge < -0.3 is 15.4 Å². The number of carbonyl (C=O) groups is 1. The average molecular weight is 335 g/mol. The summed E-state index contributed by atoms with van der Waals surface area (Å²) in [5, 5.41) is 6.13. The minimum atomic E-state index is -0.119. The van der Waals surface area contributed by atoms with Gasteiger partial charge in [0.25, 0.3) is 0 Å². The van der Waals surface area contributed by atoms with Crippen molar-refractivity contribution in [3.63, 3.8) is 0 Å². The number of carbonyl (C=O) groups excluding carboxylic acids is 1. The summed E-state index contributed by atoms with van der Waals surface area (Å²) in [5.41, 5.74) is 3.33. The first-order valence-electron chi connectivity index (χ1n) is 8.23. The standard InChI is InChI=1S/C20H21N3O2/c1-25-17-9-6-15(7-10-17)8-11-19(24)21-12-13-22-20-18-5-3-2-4-16(18)14-23-20/h2-11H,12-14H2,1H3,(H,21,24)(H,22,23)/b11-8+. The lowest BCUT2D eigenvalue weighted by Crippen LogP contribution is -2.33. The third kappa shape index (κ3) is 4.47. The van der Waals surface area contributed by atoms with Crippen molar-refractivity contribution in [1.82, 2.24) is 10.6 Å². The van der Waals surface area contributed by atoms with Crippen LogP contribution in [0.15, 0.2) is 59.6 Å². The smallest absolute Gasteiger partial charge is 0.244 e. The Balaban J connectivity index is 1.40. The van der Waals surface area contributed by atoms with Crippen LogP contribution in [0.1, 0.15) is 16.7 Å². The predicted molar refractivity (Wildman–Crippen MR) is 99.7 cm³/mol. The van der Waals surface area contributed by atoms with Crippen LogP contribution < -0.4 is 15.4 Å². The molecule has 1 aliphatic heterocycles. The predicted octanol–water partition coefficient (Wildman–Crippen LogP) is 2.37. The Morgan fingerprint density at radius 3 is 2.76 bits per heavy atom. The summed E-state index contributed by atoms with van der Waals surface area (Å²) in [7, 11) is 1.63. The van der Waals surface area contributed by atoms with E-state index in [0.29, 0.717) is 13.1 Å². The number of nitrogens with one attached hydrogen (secondary N) is 2. The number of hydrogen-bond acceptors (Lipinski definition) is 4. The minimum Gasteiger partial charge on any atom is -0.497 e. The maximum absolute atomic E-state index is 11.9. The largest absolute Gasteiger partial charge is 0.497 e. The number of hydrogen-bond donors (Lipinski definition) is 2. The number of fused-ring (bicyclic) bond motifs is 1. The van der Waals surface area contributed by atoms with Gasteiger partial charge in [0.1, 0.15) is 11.6 Å². The molecule has 0 bridgehead atoms. The van der Waals surface area contributed by atoms with E-state index in [1.54, 1.807) is 13.2 Å². The fourth-order valence-electron chi connectivity index (χ4n) is 2.60. The van der Waals surface area contributed by atoms with Gasteiger partial charge in [0.15, 0.2) is 0 Å². The molecule has 0 aliphatic carbocycles. The number of amides is 1. The van der Waals surface area contributed by atoms with Gasteiger partial charge in [0, 0.05) is 24.7 Å². The fraction of sp³-hybridized carbons (Fsp3) is 0.200. The van der Waals surface area contributed by atoms with Crippen molar-refractivity contribution in [3.8, 4) is 5.75 Å². The second kappa shape index (κ2) is 8.15. The molecule has 1 amide bonds. The Labute approximate surface area is 147 Å². The monoisotopic (exact) mass is 335 g/mol. The van der Waals surface area contributed by atoms with Crippen LogP contribution >= 0.6 is 0 Å². The van der Waals surface area contributed by atoms with E-state index in [4.69, 9.17) is 4.74 Å². The van der Waals surface area contributed by atoms with Crippen molar-refractivity contribution in [2.75, 3.05) is 20.2 Å². The average Bonchev–Trinajstić information content (AvgIpc) is 3.07. The number of ether oxygens (including phenoxy) is 1. The zero-order chi connectivity index (χ0) is 17.5. The van der Waals surface area contributed by atoms with Crippen molar-refractivity contribution >= 4 is 17.8 Å². The highest BCUT2D eigenvalue weighted by Gasteiger charge is 2.13. The van der Waals surface area contributed by atoms with E-state index >= 15 is 0 Å². The second-order valence-electron chi connectivity index (χ2n) is 5.65. The zero-order valence-corrected chi connectivity index (χ0v) is 14.2. The molecule has 2 N–H and O–H groups in total. The molecule has 3 rings (SSSR count). The topological polar surface area (TPSA) is 62.7 Å². The number of amidine groups is 1. The van der Waals surface area contributed by atoms with Crippen molar-refractivity contribution in [3.05, 3.63) is 71.3 Å². The molecular formula is C20H21N3O2. The highest BCUT2D eigenvalue weighted by Crippen LogP contribution is 2.16. The summed E-state index contributed by atoms with van der Waals surface area (Å²) in [6.45, 7) is 1.89. The molecule has 1 heterocycles. The van der Waals surface area contributed by atoms with E-state index < -0.39 is 0 Å². The van der Waals surface area contributed by atoms with Crippen LogP contribution in [0.5, 0.6) is 5.75 Å². The van der Waals surface area contributed by atoms with E-state index in [1.807, 2.05) is 36.4 Å². The van der Waals surface area contributed by atoms with E-state index in [2.05, 4.69) is 27.8 Å². The minimum absolute atomic E-state index is 0.119. The molecule has 2 aromatic rings. The van der Waals surface area contributed by atoms with Gasteiger partial charge in [-0.15, -0.1) is 0 Å². The molecule has 0 unspecified atom stereocenters. The number of methoxy groups -OCH3 is 1. The van der Waals surface area contributed by atoms with E-state index in [9.17, 15) is 4.79 Å². The third-order valence-corrected chi connectivity index (χ3v) is 3.94. The van der Waals surface area contributed by atoms with Gasteiger partial charge in [-0.25, -0.2) is 0 Å².